The van der Waals surface area contributed by atoms with Gasteiger partial charge in [-0.25, -0.2) is 0 Å². The Kier molecular flexibility index (Phi) is 5.89. The van der Waals surface area contributed by atoms with E-state index in [1.165, 1.54) is 0 Å². The lowest BCUT2D eigenvalue weighted by Gasteiger charge is -2.20. The van der Waals surface area contributed by atoms with Gasteiger partial charge in [-0.15, -0.1) is 0 Å². The highest BCUT2D eigenvalue weighted by Gasteiger charge is 2.07. The second-order valence-corrected chi connectivity index (χ2v) is 4.23. The molecule has 0 aliphatic heterocycles. The molecule has 0 saturated heterocycles. The summed E-state index contributed by atoms with van der Waals surface area (Å²) in [5.74, 6) is -0.776. The molecule has 4 heteroatoms. The maximum absolute atomic E-state index is 10.6. The molecular weight excluding hydrogens is 228 g/mol. The van der Waals surface area contributed by atoms with Crippen LogP contribution in [0.1, 0.15) is 30.9 Å². The van der Waals surface area contributed by atoms with Crippen molar-refractivity contribution in [2.75, 3.05) is 13.1 Å². The van der Waals surface area contributed by atoms with Crippen LogP contribution in [0.25, 0.3) is 0 Å². The molecule has 0 bridgehead atoms. The number of rotatable bonds is 7. The van der Waals surface area contributed by atoms with Gasteiger partial charge in [-0.3, -0.25) is 9.69 Å². The smallest absolute Gasteiger partial charge is 0.304 e. The normalized spacial score (nSPS) is 10.3. The molecule has 0 heterocycles. The molecule has 0 amide bonds. The predicted molar refractivity (Wildman–Crippen MR) is 69.0 cm³/mol. The van der Waals surface area contributed by atoms with Crippen molar-refractivity contribution >= 4 is 5.97 Å². The minimum absolute atomic E-state index is 0.151. The molecule has 0 aliphatic carbocycles. The summed E-state index contributed by atoms with van der Waals surface area (Å²) in [7, 11) is 0. The summed E-state index contributed by atoms with van der Waals surface area (Å²) in [6.07, 6.45) is 1.13. The molecule has 0 spiro atoms. The second-order valence-electron chi connectivity index (χ2n) is 4.23. The fraction of sp³-hybridized carbons (Fsp3) is 0.429. The van der Waals surface area contributed by atoms with Crippen LogP contribution in [0.3, 0.4) is 0 Å². The SMILES string of the molecule is CCCN(CCC(=O)O)Cc1cccc(C#N)c1. The summed E-state index contributed by atoms with van der Waals surface area (Å²) < 4.78 is 0. The van der Waals surface area contributed by atoms with Gasteiger partial charge in [-0.1, -0.05) is 19.1 Å². The molecule has 0 unspecified atom stereocenters. The van der Waals surface area contributed by atoms with Crippen molar-refractivity contribution in [3.63, 3.8) is 0 Å². The average Bonchev–Trinajstić information content (AvgIpc) is 2.36. The van der Waals surface area contributed by atoms with E-state index in [1.54, 1.807) is 6.07 Å². The third kappa shape index (κ3) is 4.98. The van der Waals surface area contributed by atoms with Crippen molar-refractivity contribution in [2.45, 2.75) is 26.3 Å². The number of carbonyl (C=O) groups is 1. The van der Waals surface area contributed by atoms with Crippen molar-refractivity contribution in [3.8, 4) is 6.07 Å². The van der Waals surface area contributed by atoms with E-state index in [-0.39, 0.29) is 6.42 Å². The minimum Gasteiger partial charge on any atom is -0.481 e. The van der Waals surface area contributed by atoms with Crippen LogP contribution in [0.2, 0.25) is 0 Å². The molecule has 1 aromatic rings. The number of hydrogen-bond acceptors (Lipinski definition) is 3. The first-order valence-corrected chi connectivity index (χ1v) is 6.09. The average molecular weight is 246 g/mol. The first kappa shape index (κ1) is 14.2. The van der Waals surface area contributed by atoms with Gasteiger partial charge in [0.2, 0.25) is 0 Å². The van der Waals surface area contributed by atoms with E-state index in [0.29, 0.717) is 18.7 Å². The van der Waals surface area contributed by atoms with Crippen LogP contribution >= 0.6 is 0 Å². The molecule has 1 N–H and O–H groups in total. The zero-order valence-corrected chi connectivity index (χ0v) is 10.6. The van der Waals surface area contributed by atoms with Crippen LogP contribution in [0.5, 0.6) is 0 Å². The maximum atomic E-state index is 10.6. The Balaban J connectivity index is 2.64. The molecule has 1 aromatic carbocycles. The Hall–Kier alpha value is -1.86. The summed E-state index contributed by atoms with van der Waals surface area (Å²) in [5.41, 5.74) is 1.69. The van der Waals surface area contributed by atoms with Gasteiger partial charge in [-0.2, -0.15) is 5.26 Å². The van der Waals surface area contributed by atoms with Gasteiger partial charge in [0.1, 0.15) is 0 Å². The number of carboxylic acids is 1. The molecular formula is C14H18N2O2. The van der Waals surface area contributed by atoms with Crippen LogP contribution in [0.4, 0.5) is 0 Å². The van der Waals surface area contributed by atoms with E-state index >= 15 is 0 Å². The summed E-state index contributed by atoms with van der Waals surface area (Å²) in [6, 6.07) is 9.55. The molecule has 4 nitrogen and oxygen atoms in total. The van der Waals surface area contributed by atoms with Crippen LogP contribution in [-0.2, 0) is 11.3 Å². The van der Waals surface area contributed by atoms with E-state index in [2.05, 4.69) is 17.9 Å². The van der Waals surface area contributed by atoms with Gasteiger partial charge < -0.3 is 5.11 Å². The van der Waals surface area contributed by atoms with Crippen molar-refractivity contribution in [1.29, 1.82) is 5.26 Å². The van der Waals surface area contributed by atoms with Crippen LogP contribution in [0, 0.1) is 11.3 Å². The maximum Gasteiger partial charge on any atom is 0.304 e. The van der Waals surface area contributed by atoms with E-state index in [1.807, 2.05) is 18.2 Å². The topological polar surface area (TPSA) is 64.3 Å². The second kappa shape index (κ2) is 7.46. The van der Waals surface area contributed by atoms with Gasteiger partial charge in [0.15, 0.2) is 0 Å². The lowest BCUT2D eigenvalue weighted by atomic mass is 10.1. The first-order chi connectivity index (χ1) is 8.65. The fourth-order valence-electron chi connectivity index (χ4n) is 1.84. The number of nitriles is 1. The number of hydrogen-bond donors (Lipinski definition) is 1. The van der Waals surface area contributed by atoms with Crippen LogP contribution in [0.15, 0.2) is 24.3 Å². The van der Waals surface area contributed by atoms with Gasteiger partial charge >= 0.3 is 5.97 Å². The third-order valence-corrected chi connectivity index (χ3v) is 2.64. The van der Waals surface area contributed by atoms with Crippen LogP contribution in [-0.4, -0.2) is 29.1 Å². The standard InChI is InChI=1S/C14H18N2O2/c1-2-7-16(8-6-14(17)18)11-13-5-3-4-12(9-13)10-15/h3-5,9H,2,6-8,11H2,1H3,(H,17,18). The van der Waals surface area contributed by atoms with Gasteiger partial charge in [0.25, 0.3) is 0 Å². The summed E-state index contributed by atoms with van der Waals surface area (Å²) in [6.45, 7) is 4.17. The zero-order chi connectivity index (χ0) is 13.4. The molecule has 1 rings (SSSR count). The molecule has 0 aromatic heterocycles. The Labute approximate surface area is 107 Å². The first-order valence-electron chi connectivity index (χ1n) is 6.09. The largest absolute Gasteiger partial charge is 0.481 e. The van der Waals surface area contributed by atoms with Gasteiger partial charge in [0, 0.05) is 13.1 Å². The number of nitrogens with zero attached hydrogens (tertiary/aromatic N) is 2. The Morgan fingerprint density at radius 2 is 2.22 bits per heavy atom. The molecule has 0 atom stereocenters. The predicted octanol–water partition coefficient (Wildman–Crippen LogP) is 2.24. The third-order valence-electron chi connectivity index (χ3n) is 2.64. The molecule has 0 aliphatic rings. The van der Waals surface area contributed by atoms with Crippen molar-refractivity contribution < 1.29 is 9.90 Å². The van der Waals surface area contributed by atoms with Crippen LogP contribution < -0.4 is 0 Å². The Bertz CT molecular complexity index is 438. The van der Waals surface area contributed by atoms with Crippen molar-refractivity contribution in [2.24, 2.45) is 0 Å². The molecule has 0 radical (unpaired) electrons. The summed E-state index contributed by atoms with van der Waals surface area (Å²) in [5, 5.41) is 17.5. The molecule has 96 valence electrons. The number of aliphatic carboxylic acids is 1. The van der Waals surface area contributed by atoms with Crippen molar-refractivity contribution in [3.05, 3.63) is 35.4 Å². The fourth-order valence-corrected chi connectivity index (χ4v) is 1.84. The van der Waals surface area contributed by atoms with E-state index in [4.69, 9.17) is 10.4 Å². The Morgan fingerprint density at radius 1 is 1.44 bits per heavy atom. The lowest BCUT2D eigenvalue weighted by molar-refractivity contribution is -0.137. The lowest BCUT2D eigenvalue weighted by Crippen LogP contribution is -2.26. The van der Waals surface area contributed by atoms with E-state index < -0.39 is 5.97 Å². The number of benzene rings is 1. The molecule has 0 fully saturated rings. The summed E-state index contributed by atoms with van der Waals surface area (Å²) >= 11 is 0. The molecule has 0 saturated carbocycles. The highest BCUT2D eigenvalue weighted by atomic mass is 16.4. The van der Waals surface area contributed by atoms with Crippen molar-refractivity contribution in [1.82, 2.24) is 4.90 Å². The Morgan fingerprint density at radius 3 is 2.83 bits per heavy atom. The summed E-state index contributed by atoms with van der Waals surface area (Å²) in [4.78, 5) is 12.7. The van der Waals surface area contributed by atoms with Gasteiger partial charge in [0.05, 0.1) is 18.1 Å². The van der Waals surface area contributed by atoms with Gasteiger partial charge in [-0.05, 0) is 30.7 Å². The monoisotopic (exact) mass is 246 g/mol. The quantitative estimate of drug-likeness (QED) is 0.801. The van der Waals surface area contributed by atoms with E-state index in [9.17, 15) is 4.79 Å². The number of carboxylic acid groups (broad SMARTS) is 1. The highest BCUT2D eigenvalue weighted by molar-refractivity contribution is 5.66. The highest BCUT2D eigenvalue weighted by Crippen LogP contribution is 2.08. The molecule has 18 heavy (non-hydrogen) atoms. The van der Waals surface area contributed by atoms with E-state index in [0.717, 1.165) is 18.5 Å². The zero-order valence-electron chi connectivity index (χ0n) is 10.6. The minimum atomic E-state index is -0.776.